The lowest BCUT2D eigenvalue weighted by Gasteiger charge is -2.16. The van der Waals surface area contributed by atoms with E-state index in [1.807, 2.05) is 25.2 Å². The third-order valence-electron chi connectivity index (χ3n) is 4.31. The minimum atomic E-state index is -0.240. The average Bonchev–Trinajstić information content (AvgIpc) is 3.03. The number of fused-ring (bicyclic) bond motifs is 1. The van der Waals surface area contributed by atoms with E-state index in [1.165, 1.54) is 5.56 Å². The first-order valence-corrected chi connectivity index (χ1v) is 8.63. The normalized spacial score (nSPS) is 15.0. The van der Waals surface area contributed by atoms with Crippen LogP contribution in [0.2, 0.25) is 0 Å². The summed E-state index contributed by atoms with van der Waals surface area (Å²) in [6, 6.07) is 7.73. The van der Waals surface area contributed by atoms with Crippen molar-refractivity contribution in [2.75, 3.05) is 5.32 Å². The Balaban J connectivity index is 1.58. The third-order valence-corrected chi connectivity index (χ3v) is 4.31. The van der Waals surface area contributed by atoms with Crippen LogP contribution in [0.25, 0.3) is 0 Å². The fourth-order valence-electron chi connectivity index (χ4n) is 3.00. The van der Waals surface area contributed by atoms with Gasteiger partial charge in [-0.15, -0.1) is 0 Å². The molecule has 2 N–H and O–H groups in total. The smallest absolute Gasteiger partial charge is 0.320 e. The maximum Gasteiger partial charge on any atom is 0.320 e. The number of aromatic nitrogens is 2. The summed E-state index contributed by atoms with van der Waals surface area (Å²) in [6.45, 7) is 8.78. The molecule has 1 aromatic carbocycles. The van der Waals surface area contributed by atoms with Crippen LogP contribution in [-0.2, 0) is 20.0 Å². The molecule has 0 bridgehead atoms. The summed E-state index contributed by atoms with van der Waals surface area (Å²) in [5.41, 5.74) is 3.06. The van der Waals surface area contributed by atoms with E-state index in [4.69, 9.17) is 4.74 Å². The number of rotatable bonds is 4. The molecule has 2 amide bonds. The van der Waals surface area contributed by atoms with Gasteiger partial charge in [-0.2, -0.15) is 5.10 Å². The van der Waals surface area contributed by atoms with Crippen molar-refractivity contribution in [3.63, 3.8) is 0 Å². The minimum Gasteiger partial charge on any atom is -0.487 e. The molecule has 1 aliphatic rings. The fourth-order valence-corrected chi connectivity index (χ4v) is 3.00. The monoisotopic (exact) mass is 342 g/mol. The lowest BCUT2D eigenvalue weighted by atomic mass is 10.0. The highest BCUT2D eigenvalue weighted by atomic mass is 16.5. The summed E-state index contributed by atoms with van der Waals surface area (Å²) in [5.74, 6) is 1.95. The number of hydrogen-bond donors (Lipinski definition) is 2. The van der Waals surface area contributed by atoms with Crippen molar-refractivity contribution in [1.29, 1.82) is 0 Å². The van der Waals surface area contributed by atoms with Gasteiger partial charge in [0.05, 0.1) is 5.69 Å². The lowest BCUT2D eigenvalue weighted by Crippen LogP contribution is -2.29. The van der Waals surface area contributed by atoms with Crippen molar-refractivity contribution < 1.29 is 9.53 Å². The molecule has 0 fully saturated rings. The van der Waals surface area contributed by atoms with Crippen LogP contribution >= 0.6 is 0 Å². The molecule has 0 aliphatic carbocycles. The molecule has 0 atom stereocenters. The number of anilines is 1. The van der Waals surface area contributed by atoms with E-state index in [2.05, 4.69) is 49.5 Å². The molecule has 25 heavy (non-hydrogen) atoms. The van der Waals surface area contributed by atoms with Gasteiger partial charge in [-0.1, -0.05) is 26.0 Å². The molecule has 2 heterocycles. The first kappa shape index (κ1) is 17.3. The van der Waals surface area contributed by atoms with Crippen LogP contribution in [-0.4, -0.2) is 21.4 Å². The Morgan fingerprint density at radius 3 is 2.80 bits per heavy atom. The minimum absolute atomic E-state index is 0.153. The van der Waals surface area contributed by atoms with Gasteiger partial charge in [-0.05, 0) is 37.0 Å². The Morgan fingerprint density at radius 2 is 2.12 bits per heavy atom. The quantitative estimate of drug-likeness (QED) is 0.892. The molecule has 1 aliphatic heterocycles. The number of nitrogens with one attached hydrogen (secondary N) is 2. The summed E-state index contributed by atoms with van der Waals surface area (Å²) in [6.07, 6.45) is 0.884. The van der Waals surface area contributed by atoms with Crippen molar-refractivity contribution in [3.05, 3.63) is 41.1 Å². The van der Waals surface area contributed by atoms with Crippen molar-refractivity contribution in [2.45, 2.75) is 52.2 Å². The second kappa shape index (κ2) is 6.43. The van der Waals surface area contributed by atoms with Gasteiger partial charge in [0.2, 0.25) is 0 Å². The van der Waals surface area contributed by atoms with Crippen LogP contribution in [0, 0.1) is 0 Å². The van der Waals surface area contributed by atoms with Gasteiger partial charge in [0.1, 0.15) is 17.2 Å². The van der Waals surface area contributed by atoms with Gasteiger partial charge in [-0.25, -0.2) is 4.79 Å². The molecule has 3 rings (SSSR count). The lowest BCUT2D eigenvalue weighted by molar-refractivity contribution is 0.138. The predicted molar refractivity (Wildman–Crippen MR) is 98.0 cm³/mol. The van der Waals surface area contributed by atoms with Crippen molar-refractivity contribution >= 4 is 11.8 Å². The molecule has 6 heteroatoms. The molecule has 0 saturated heterocycles. The highest BCUT2D eigenvalue weighted by Crippen LogP contribution is 2.35. The first-order valence-electron chi connectivity index (χ1n) is 8.63. The number of carbonyl (C=O) groups is 1. The molecule has 0 radical (unpaired) electrons. The second-order valence-corrected chi connectivity index (χ2v) is 7.52. The van der Waals surface area contributed by atoms with Crippen molar-refractivity contribution in [2.24, 2.45) is 7.05 Å². The van der Waals surface area contributed by atoms with Gasteiger partial charge in [0, 0.05) is 26.1 Å². The van der Waals surface area contributed by atoms with Crippen molar-refractivity contribution in [1.82, 2.24) is 15.1 Å². The number of ether oxygens (including phenoxy) is 1. The number of benzene rings is 1. The third kappa shape index (κ3) is 3.95. The number of carbonyl (C=O) groups excluding carboxylic acids is 1. The summed E-state index contributed by atoms with van der Waals surface area (Å²) in [4.78, 5) is 12.2. The van der Waals surface area contributed by atoms with E-state index in [0.717, 1.165) is 23.4 Å². The SMILES string of the molecule is CC(C)c1cc(NC(=O)NCc2ccc3c(c2)CC(C)(C)O3)n(C)n1. The standard InChI is InChI=1S/C19H26N4O2/c1-12(2)15-9-17(23(5)22-15)21-18(24)20-11-13-6-7-16-14(8-13)10-19(3,4)25-16/h6-9,12H,10-11H2,1-5H3,(H2,20,21,24). The summed E-state index contributed by atoms with van der Waals surface area (Å²) in [7, 11) is 1.82. The van der Waals surface area contributed by atoms with Crippen LogP contribution < -0.4 is 15.4 Å². The number of hydrogen-bond acceptors (Lipinski definition) is 3. The molecule has 1 aromatic heterocycles. The average molecular weight is 342 g/mol. The Kier molecular flexibility index (Phi) is 4.45. The van der Waals surface area contributed by atoms with E-state index < -0.39 is 0 Å². The second-order valence-electron chi connectivity index (χ2n) is 7.52. The highest BCUT2D eigenvalue weighted by molar-refractivity contribution is 5.88. The fraction of sp³-hybridized carbons (Fsp3) is 0.474. The van der Waals surface area contributed by atoms with Gasteiger partial charge >= 0.3 is 6.03 Å². The van der Waals surface area contributed by atoms with E-state index in [1.54, 1.807) is 4.68 Å². The molecule has 134 valence electrons. The molecular weight excluding hydrogens is 316 g/mol. The van der Waals surface area contributed by atoms with E-state index in [9.17, 15) is 4.79 Å². The Labute approximate surface area is 148 Å². The number of amides is 2. The number of nitrogens with zero attached hydrogens (tertiary/aromatic N) is 2. The molecular formula is C19H26N4O2. The zero-order chi connectivity index (χ0) is 18.2. The molecule has 0 unspecified atom stereocenters. The van der Waals surface area contributed by atoms with Crippen LogP contribution in [0.5, 0.6) is 5.75 Å². The van der Waals surface area contributed by atoms with Gasteiger partial charge in [0.25, 0.3) is 0 Å². The van der Waals surface area contributed by atoms with Crippen LogP contribution in [0.4, 0.5) is 10.6 Å². The maximum absolute atomic E-state index is 12.2. The van der Waals surface area contributed by atoms with E-state index in [-0.39, 0.29) is 11.6 Å². The highest BCUT2D eigenvalue weighted by Gasteiger charge is 2.29. The number of aryl methyl sites for hydroxylation is 1. The zero-order valence-corrected chi connectivity index (χ0v) is 15.5. The van der Waals surface area contributed by atoms with E-state index in [0.29, 0.717) is 18.3 Å². The van der Waals surface area contributed by atoms with Crippen LogP contribution in [0.15, 0.2) is 24.3 Å². The van der Waals surface area contributed by atoms with Crippen LogP contribution in [0.1, 0.15) is 50.4 Å². The first-order chi connectivity index (χ1) is 11.7. The molecule has 0 saturated carbocycles. The van der Waals surface area contributed by atoms with Gasteiger partial charge in [0.15, 0.2) is 0 Å². The zero-order valence-electron chi connectivity index (χ0n) is 15.5. The topological polar surface area (TPSA) is 68.2 Å². The summed E-state index contributed by atoms with van der Waals surface area (Å²) >= 11 is 0. The maximum atomic E-state index is 12.2. The van der Waals surface area contributed by atoms with Crippen LogP contribution in [0.3, 0.4) is 0 Å². The summed E-state index contributed by atoms with van der Waals surface area (Å²) in [5, 5.41) is 10.1. The van der Waals surface area contributed by atoms with Crippen molar-refractivity contribution in [3.8, 4) is 5.75 Å². The summed E-state index contributed by atoms with van der Waals surface area (Å²) < 4.78 is 7.56. The predicted octanol–water partition coefficient (Wildman–Crippen LogP) is 3.58. The Morgan fingerprint density at radius 1 is 1.36 bits per heavy atom. The molecule has 2 aromatic rings. The molecule has 6 nitrogen and oxygen atoms in total. The van der Waals surface area contributed by atoms with E-state index >= 15 is 0 Å². The molecule has 0 spiro atoms. The largest absolute Gasteiger partial charge is 0.487 e. The van der Waals surface area contributed by atoms with Gasteiger partial charge in [-0.3, -0.25) is 10.00 Å². The Bertz CT molecular complexity index is 793. The Hall–Kier alpha value is -2.50. The van der Waals surface area contributed by atoms with Gasteiger partial charge < -0.3 is 10.1 Å². The number of urea groups is 1.